The van der Waals surface area contributed by atoms with Gasteiger partial charge in [0.15, 0.2) is 0 Å². The summed E-state index contributed by atoms with van der Waals surface area (Å²) in [6.45, 7) is 14.4. The predicted octanol–water partition coefficient (Wildman–Crippen LogP) is 4.52. The Morgan fingerprint density at radius 2 is 1.74 bits per heavy atom. The zero-order valence-electron chi connectivity index (χ0n) is 33.6. The largest absolute Gasteiger partial charge is 0.494 e. The van der Waals surface area contributed by atoms with Crippen molar-refractivity contribution >= 4 is 65.8 Å². The number of pyridine rings is 1. The molecule has 314 valence electrons. The molecule has 18 heteroatoms. The van der Waals surface area contributed by atoms with E-state index in [2.05, 4.69) is 31.6 Å². The van der Waals surface area contributed by atoms with E-state index in [-0.39, 0.29) is 30.2 Å². The Hall–Kier alpha value is -4.45. The second kappa shape index (κ2) is 15.6. The lowest BCUT2D eigenvalue weighted by atomic mass is 9.85. The fraction of sp³-hybridized carbons (Fsp3) is 0.500. The van der Waals surface area contributed by atoms with Crippen LogP contribution in [0.1, 0.15) is 67.2 Å². The number of ether oxygens (including phenoxy) is 2. The van der Waals surface area contributed by atoms with Gasteiger partial charge in [0, 0.05) is 39.4 Å². The highest BCUT2D eigenvalue weighted by atomic mass is 35.5. The molecule has 0 unspecified atom stereocenters. The number of benzene rings is 2. The SMILES string of the molecule is C=C[C@@H]1C[C@]1(NC(=O)[C@@H]1C[C@@H](Oc2ncc(OC)c3ccc(Cl)cc23)CN1C(=O)[C@@H](Nc1cccc(S(=O)(=O)NC(C)(C)C)c1)C(C)(C)C)C(=O)NS(=O)(=O)C1CC1. The molecule has 15 nitrogen and oxygen atoms in total. The van der Waals surface area contributed by atoms with Gasteiger partial charge in [0.2, 0.25) is 37.7 Å². The lowest BCUT2D eigenvalue weighted by molar-refractivity contribution is -0.141. The van der Waals surface area contributed by atoms with Gasteiger partial charge >= 0.3 is 0 Å². The third kappa shape index (κ3) is 9.22. The number of halogens is 1. The molecule has 0 radical (unpaired) electrons. The van der Waals surface area contributed by atoms with E-state index in [1.165, 1.54) is 36.4 Å². The summed E-state index contributed by atoms with van der Waals surface area (Å²) in [6.07, 6.45) is 3.18. The summed E-state index contributed by atoms with van der Waals surface area (Å²) >= 11 is 6.37. The van der Waals surface area contributed by atoms with Crippen molar-refractivity contribution in [2.24, 2.45) is 11.3 Å². The molecule has 5 atom stereocenters. The summed E-state index contributed by atoms with van der Waals surface area (Å²) in [5.41, 5.74) is -2.77. The highest BCUT2D eigenvalue weighted by Gasteiger charge is 2.62. The van der Waals surface area contributed by atoms with E-state index in [9.17, 15) is 31.2 Å². The van der Waals surface area contributed by atoms with Gasteiger partial charge in [-0.25, -0.2) is 26.5 Å². The number of rotatable bonds is 14. The van der Waals surface area contributed by atoms with Crippen molar-refractivity contribution in [1.29, 1.82) is 0 Å². The van der Waals surface area contributed by atoms with Gasteiger partial charge in [-0.3, -0.25) is 19.1 Å². The van der Waals surface area contributed by atoms with Gasteiger partial charge < -0.3 is 25.0 Å². The summed E-state index contributed by atoms with van der Waals surface area (Å²) in [5.74, 6) is -1.92. The number of anilines is 1. The third-order valence-corrected chi connectivity index (χ3v) is 14.2. The minimum absolute atomic E-state index is 0.00720. The van der Waals surface area contributed by atoms with E-state index in [0.717, 1.165) is 0 Å². The number of sulfonamides is 2. The molecule has 1 aliphatic heterocycles. The van der Waals surface area contributed by atoms with Crippen molar-refractivity contribution in [3.63, 3.8) is 0 Å². The van der Waals surface area contributed by atoms with Crippen molar-refractivity contribution < 1.29 is 40.7 Å². The van der Waals surface area contributed by atoms with E-state index < -0.39 is 83.6 Å². The highest BCUT2D eigenvalue weighted by molar-refractivity contribution is 7.91. The first-order valence-electron chi connectivity index (χ1n) is 19.0. The number of nitrogens with zero attached hydrogens (tertiary/aromatic N) is 2. The van der Waals surface area contributed by atoms with Crippen LogP contribution in [0.3, 0.4) is 0 Å². The maximum absolute atomic E-state index is 14.9. The van der Waals surface area contributed by atoms with Crippen molar-refractivity contribution in [2.45, 2.75) is 107 Å². The summed E-state index contributed by atoms with van der Waals surface area (Å²) in [7, 11) is -6.34. The van der Waals surface area contributed by atoms with Crippen molar-refractivity contribution in [3.05, 3.63) is 66.3 Å². The first-order chi connectivity index (χ1) is 27.0. The summed E-state index contributed by atoms with van der Waals surface area (Å²) in [4.78, 5) is 48.8. The number of likely N-dealkylation sites (tertiary alicyclic amines) is 1. The quantitative estimate of drug-likeness (QED) is 0.166. The van der Waals surface area contributed by atoms with Gasteiger partial charge in [0.05, 0.1) is 30.0 Å². The molecule has 6 rings (SSSR count). The van der Waals surface area contributed by atoms with Gasteiger partial charge in [0.25, 0.3) is 5.91 Å². The van der Waals surface area contributed by atoms with Crippen LogP contribution >= 0.6 is 11.6 Å². The molecule has 0 bridgehead atoms. The van der Waals surface area contributed by atoms with E-state index >= 15 is 0 Å². The van der Waals surface area contributed by atoms with Crippen molar-refractivity contribution in [3.8, 4) is 11.6 Å². The maximum atomic E-state index is 14.9. The van der Waals surface area contributed by atoms with Gasteiger partial charge in [-0.15, -0.1) is 6.58 Å². The van der Waals surface area contributed by atoms with Crippen LogP contribution in [0.25, 0.3) is 10.8 Å². The Labute approximate surface area is 344 Å². The second-order valence-electron chi connectivity index (χ2n) is 17.3. The van der Waals surface area contributed by atoms with Crippen LogP contribution in [0.5, 0.6) is 11.6 Å². The van der Waals surface area contributed by atoms with Crippen LogP contribution in [0, 0.1) is 11.3 Å². The molecule has 3 aliphatic rings. The third-order valence-electron chi connectivity index (χ3n) is 10.4. The molecule has 2 aliphatic carbocycles. The van der Waals surface area contributed by atoms with Crippen LogP contribution in [0.4, 0.5) is 5.69 Å². The van der Waals surface area contributed by atoms with Crippen LogP contribution in [-0.2, 0) is 34.4 Å². The van der Waals surface area contributed by atoms with Crippen molar-refractivity contribution in [2.75, 3.05) is 19.0 Å². The van der Waals surface area contributed by atoms with E-state index in [4.69, 9.17) is 21.1 Å². The number of hydrogen-bond acceptors (Lipinski definition) is 11. The lowest BCUT2D eigenvalue weighted by Crippen LogP contribution is -2.58. The molecular formula is C40H51ClN6O9S2. The summed E-state index contributed by atoms with van der Waals surface area (Å²) in [5, 5.41) is 7.01. The Kier molecular flexibility index (Phi) is 11.6. The second-order valence-corrected chi connectivity index (χ2v) is 21.4. The average Bonchev–Trinajstić information content (AvgIpc) is 4.06. The van der Waals surface area contributed by atoms with Gasteiger partial charge in [-0.05, 0) is 81.8 Å². The highest BCUT2D eigenvalue weighted by Crippen LogP contribution is 2.46. The molecular weight excluding hydrogens is 808 g/mol. The molecule has 1 saturated heterocycles. The molecule has 3 fully saturated rings. The standard InChI is InChI=1S/C40H51ClN6O9S2/c1-9-23-20-40(23,37(50)45-57(51,52)27-14-15-27)44-34(48)31-19-26(56-35-30-17-24(41)13-16-29(30)32(55-8)21-42-35)22-47(31)36(49)33(38(2,3)4)43-25-11-10-12-28(18-25)58(53,54)46-39(5,6)7/h9-13,16-18,21,23,26-27,31,33,43,46H,1,14-15,19-20,22H2,2-8H3,(H,44,48)(H,45,50)/t23-,26-,31+,33-,40-/m1/s1. The number of fused-ring (bicyclic) bond motifs is 1. The van der Waals surface area contributed by atoms with Crippen molar-refractivity contribution in [1.82, 2.24) is 24.6 Å². The fourth-order valence-electron chi connectivity index (χ4n) is 7.17. The zero-order valence-corrected chi connectivity index (χ0v) is 36.0. The number of hydrogen-bond donors (Lipinski definition) is 4. The molecule has 58 heavy (non-hydrogen) atoms. The number of amides is 3. The van der Waals surface area contributed by atoms with Gasteiger partial charge in [0.1, 0.15) is 29.5 Å². The molecule has 4 N–H and O–H groups in total. The van der Waals surface area contributed by atoms with Gasteiger partial charge in [-0.1, -0.05) is 44.5 Å². The predicted molar refractivity (Wildman–Crippen MR) is 220 cm³/mol. The van der Waals surface area contributed by atoms with E-state index in [0.29, 0.717) is 40.1 Å². The Balaban J connectivity index is 1.33. The number of methoxy groups -OCH3 is 1. The summed E-state index contributed by atoms with van der Waals surface area (Å²) in [6, 6.07) is 9.07. The molecule has 2 aromatic carbocycles. The Morgan fingerprint density at radius 3 is 2.34 bits per heavy atom. The Bertz CT molecular complexity index is 2360. The van der Waals surface area contributed by atoms with Crippen LogP contribution in [0.15, 0.2) is 66.2 Å². The number of nitrogens with one attached hydrogen (secondary N) is 4. The minimum Gasteiger partial charge on any atom is -0.494 e. The normalized spacial score (nSPS) is 22.8. The topological polar surface area (TPSA) is 202 Å². The smallest absolute Gasteiger partial charge is 0.259 e. The molecule has 2 saturated carbocycles. The molecule has 3 amide bonds. The number of carbonyl (C=O) groups excluding carboxylic acids is 3. The Morgan fingerprint density at radius 1 is 1.03 bits per heavy atom. The van der Waals surface area contributed by atoms with Gasteiger partial charge in [-0.2, -0.15) is 0 Å². The molecule has 1 aromatic heterocycles. The number of carbonyl (C=O) groups is 3. The fourth-order valence-corrected chi connectivity index (χ4v) is 10.2. The number of aromatic nitrogens is 1. The minimum atomic E-state index is -3.93. The maximum Gasteiger partial charge on any atom is 0.259 e. The lowest BCUT2D eigenvalue weighted by Gasteiger charge is -2.36. The molecule has 2 heterocycles. The monoisotopic (exact) mass is 858 g/mol. The first kappa shape index (κ1) is 43.1. The van der Waals surface area contributed by atoms with E-state index in [1.54, 1.807) is 51.1 Å². The average molecular weight is 859 g/mol. The molecule has 3 aromatic rings. The van der Waals surface area contributed by atoms with Crippen LogP contribution in [-0.4, -0.2) is 92.6 Å². The zero-order chi connectivity index (χ0) is 42.6. The molecule has 0 spiro atoms. The van der Waals surface area contributed by atoms with Crippen LogP contribution < -0.4 is 29.6 Å². The van der Waals surface area contributed by atoms with E-state index in [1.807, 2.05) is 20.8 Å². The first-order valence-corrected chi connectivity index (χ1v) is 22.4. The van der Waals surface area contributed by atoms with Crippen LogP contribution in [0.2, 0.25) is 5.02 Å². The summed E-state index contributed by atoms with van der Waals surface area (Å²) < 4.78 is 68.8.